The van der Waals surface area contributed by atoms with E-state index < -0.39 is 11.7 Å². The molecule has 0 saturated heterocycles. The molecule has 9 heteroatoms. The van der Waals surface area contributed by atoms with Crippen molar-refractivity contribution in [3.63, 3.8) is 0 Å². The molecule has 0 aliphatic heterocycles. The Hall–Kier alpha value is -1.54. The van der Waals surface area contributed by atoms with Crippen LogP contribution in [0.3, 0.4) is 0 Å². The molecule has 0 unspecified atom stereocenters. The molecule has 0 radical (unpaired) electrons. The summed E-state index contributed by atoms with van der Waals surface area (Å²) in [6.07, 6.45) is -3.80. The number of esters is 1. The minimum absolute atomic E-state index is 0.157. The van der Waals surface area contributed by atoms with Crippen molar-refractivity contribution in [2.24, 2.45) is 0 Å². The number of thiocarbonyl (C=S) groups is 1. The van der Waals surface area contributed by atoms with Crippen molar-refractivity contribution in [1.29, 1.82) is 0 Å². The Kier molecular flexibility index (Phi) is 7.57. The maximum absolute atomic E-state index is 12.7. The molecule has 1 rings (SSSR count). The highest BCUT2D eigenvalue weighted by Crippen LogP contribution is 2.36. The van der Waals surface area contributed by atoms with Crippen LogP contribution in [0.4, 0.5) is 18.9 Å². The van der Waals surface area contributed by atoms with E-state index in [0.717, 1.165) is 12.1 Å². The van der Waals surface area contributed by atoms with Gasteiger partial charge in [-0.1, -0.05) is 11.6 Å². The first kappa shape index (κ1) is 19.5. The van der Waals surface area contributed by atoms with Crippen LogP contribution in [-0.4, -0.2) is 24.2 Å². The number of benzene rings is 1. The van der Waals surface area contributed by atoms with Gasteiger partial charge in [0.05, 0.1) is 17.2 Å². The molecule has 2 N–H and O–H groups in total. The normalized spacial score (nSPS) is 11.0. The van der Waals surface area contributed by atoms with Gasteiger partial charge in [0.2, 0.25) is 0 Å². The first-order valence-corrected chi connectivity index (χ1v) is 7.60. The van der Waals surface area contributed by atoms with Crippen LogP contribution in [0.2, 0.25) is 5.02 Å². The topological polar surface area (TPSA) is 50.4 Å². The van der Waals surface area contributed by atoms with Crippen LogP contribution in [0, 0.1) is 0 Å². The van der Waals surface area contributed by atoms with Crippen LogP contribution >= 0.6 is 23.8 Å². The number of rotatable bonds is 6. The van der Waals surface area contributed by atoms with Gasteiger partial charge < -0.3 is 15.4 Å². The fraction of sp³-hybridized carbons (Fsp3) is 0.429. The van der Waals surface area contributed by atoms with Gasteiger partial charge in [-0.15, -0.1) is 0 Å². The largest absolute Gasteiger partial charge is 0.466 e. The predicted octanol–water partition coefficient (Wildman–Crippen LogP) is 3.99. The summed E-state index contributed by atoms with van der Waals surface area (Å²) in [6.45, 7) is 2.44. The van der Waals surface area contributed by atoms with Crippen LogP contribution in [0.15, 0.2) is 18.2 Å². The number of halogens is 4. The van der Waals surface area contributed by atoms with Crippen molar-refractivity contribution >= 4 is 40.6 Å². The number of alkyl halides is 3. The lowest BCUT2D eigenvalue weighted by Gasteiger charge is -2.13. The molecule has 0 aliphatic rings. The zero-order valence-corrected chi connectivity index (χ0v) is 13.9. The van der Waals surface area contributed by atoms with Crippen molar-refractivity contribution in [2.75, 3.05) is 18.5 Å². The van der Waals surface area contributed by atoms with Gasteiger partial charge >= 0.3 is 12.1 Å². The minimum atomic E-state index is -4.54. The van der Waals surface area contributed by atoms with E-state index in [1.807, 2.05) is 0 Å². The summed E-state index contributed by atoms with van der Waals surface area (Å²) in [5.74, 6) is -0.305. The van der Waals surface area contributed by atoms with Gasteiger partial charge in [0.1, 0.15) is 0 Å². The van der Waals surface area contributed by atoms with Crippen LogP contribution in [0.5, 0.6) is 0 Å². The molecule has 1 aromatic carbocycles. The summed E-state index contributed by atoms with van der Waals surface area (Å²) in [7, 11) is 0. The maximum Gasteiger partial charge on any atom is 0.417 e. The van der Waals surface area contributed by atoms with Crippen molar-refractivity contribution < 1.29 is 22.7 Å². The standard InChI is InChI=1S/C14H16ClF3N2O2S/c1-2-22-12(21)4-3-7-19-13(23)20-9-5-6-11(15)10(8-9)14(16,17)18/h5-6,8H,2-4,7H2,1H3,(H2,19,20,23). The van der Waals surface area contributed by atoms with E-state index in [0.29, 0.717) is 19.6 Å². The van der Waals surface area contributed by atoms with Crippen molar-refractivity contribution in [3.05, 3.63) is 28.8 Å². The first-order chi connectivity index (χ1) is 10.7. The summed E-state index contributed by atoms with van der Waals surface area (Å²) in [5, 5.41) is 5.22. The number of carbonyl (C=O) groups is 1. The van der Waals surface area contributed by atoms with E-state index in [1.165, 1.54) is 6.07 Å². The summed E-state index contributed by atoms with van der Waals surface area (Å²) >= 11 is 10.5. The van der Waals surface area contributed by atoms with Crippen molar-refractivity contribution in [1.82, 2.24) is 5.32 Å². The first-order valence-electron chi connectivity index (χ1n) is 6.81. The Morgan fingerprint density at radius 1 is 1.39 bits per heavy atom. The lowest BCUT2D eigenvalue weighted by Crippen LogP contribution is -2.29. The number of hydrogen-bond acceptors (Lipinski definition) is 3. The Bertz CT molecular complexity index is 567. The van der Waals surface area contributed by atoms with Gasteiger partial charge in [-0.3, -0.25) is 4.79 Å². The number of anilines is 1. The van der Waals surface area contributed by atoms with Gasteiger partial charge in [0.25, 0.3) is 0 Å². The summed E-state index contributed by atoms with van der Waals surface area (Å²) in [4.78, 5) is 11.1. The molecule has 0 fully saturated rings. The van der Waals surface area contributed by atoms with Gasteiger partial charge in [-0.25, -0.2) is 0 Å². The minimum Gasteiger partial charge on any atom is -0.466 e. The molecule has 1 aromatic rings. The Labute approximate surface area is 142 Å². The number of hydrogen-bond donors (Lipinski definition) is 2. The highest BCUT2D eigenvalue weighted by molar-refractivity contribution is 7.80. The third-order valence-electron chi connectivity index (χ3n) is 2.68. The van der Waals surface area contributed by atoms with E-state index in [9.17, 15) is 18.0 Å². The molecule has 0 aromatic heterocycles. The van der Waals surface area contributed by atoms with Crippen LogP contribution in [-0.2, 0) is 15.7 Å². The average molecular weight is 369 g/mol. The van der Waals surface area contributed by atoms with Gasteiger partial charge in [-0.2, -0.15) is 13.2 Å². The number of ether oxygens (including phenoxy) is 1. The number of nitrogens with one attached hydrogen (secondary N) is 2. The fourth-order valence-corrected chi connectivity index (χ4v) is 2.11. The van der Waals surface area contributed by atoms with Crippen molar-refractivity contribution in [2.45, 2.75) is 25.9 Å². The third kappa shape index (κ3) is 7.04. The van der Waals surface area contributed by atoms with Crippen molar-refractivity contribution in [3.8, 4) is 0 Å². The third-order valence-corrected chi connectivity index (χ3v) is 3.25. The second kappa shape index (κ2) is 8.93. The van der Waals surface area contributed by atoms with Crippen LogP contribution < -0.4 is 10.6 Å². The molecule has 0 amide bonds. The molecule has 128 valence electrons. The SMILES string of the molecule is CCOC(=O)CCCNC(=S)Nc1ccc(Cl)c(C(F)(F)F)c1. The van der Waals surface area contributed by atoms with E-state index >= 15 is 0 Å². The Balaban J connectivity index is 2.47. The van der Waals surface area contributed by atoms with Crippen LogP contribution in [0.25, 0.3) is 0 Å². The van der Waals surface area contributed by atoms with Gasteiger partial charge in [-0.05, 0) is 43.8 Å². The molecule has 0 spiro atoms. The lowest BCUT2D eigenvalue weighted by atomic mass is 10.2. The molecule has 4 nitrogen and oxygen atoms in total. The van der Waals surface area contributed by atoms with Gasteiger partial charge in [0.15, 0.2) is 5.11 Å². The average Bonchev–Trinajstić information content (AvgIpc) is 2.45. The second-order valence-corrected chi connectivity index (χ2v) is 5.30. The molecule has 23 heavy (non-hydrogen) atoms. The van der Waals surface area contributed by atoms with E-state index in [-0.39, 0.29) is 28.2 Å². The monoisotopic (exact) mass is 368 g/mol. The molecule has 0 saturated carbocycles. The smallest absolute Gasteiger partial charge is 0.417 e. The summed E-state index contributed by atoms with van der Waals surface area (Å²) < 4.78 is 43.0. The Morgan fingerprint density at radius 2 is 2.09 bits per heavy atom. The van der Waals surface area contributed by atoms with E-state index in [4.69, 9.17) is 28.6 Å². The molecule has 0 atom stereocenters. The highest BCUT2D eigenvalue weighted by atomic mass is 35.5. The van der Waals surface area contributed by atoms with E-state index in [1.54, 1.807) is 6.92 Å². The summed E-state index contributed by atoms with van der Waals surface area (Å²) in [5.41, 5.74) is -0.765. The zero-order chi connectivity index (χ0) is 17.5. The maximum atomic E-state index is 12.7. The van der Waals surface area contributed by atoms with Crippen LogP contribution in [0.1, 0.15) is 25.3 Å². The predicted molar refractivity (Wildman–Crippen MR) is 86.5 cm³/mol. The highest BCUT2D eigenvalue weighted by Gasteiger charge is 2.33. The molecular weight excluding hydrogens is 353 g/mol. The molecule has 0 heterocycles. The second-order valence-electron chi connectivity index (χ2n) is 4.48. The van der Waals surface area contributed by atoms with Gasteiger partial charge in [0, 0.05) is 18.7 Å². The zero-order valence-electron chi connectivity index (χ0n) is 12.3. The quantitative estimate of drug-likeness (QED) is 0.452. The summed E-state index contributed by atoms with van der Waals surface area (Å²) in [6, 6.07) is 3.43. The number of carbonyl (C=O) groups excluding carboxylic acids is 1. The fourth-order valence-electron chi connectivity index (χ4n) is 1.66. The molecule has 0 bridgehead atoms. The molecule has 0 aliphatic carbocycles. The molecular formula is C14H16ClF3N2O2S. The van der Waals surface area contributed by atoms with E-state index in [2.05, 4.69) is 10.6 Å². The lowest BCUT2D eigenvalue weighted by molar-refractivity contribution is -0.143. The Morgan fingerprint density at radius 3 is 2.70 bits per heavy atom.